The first kappa shape index (κ1) is 15.9. The monoisotopic (exact) mass is 333 g/mol. The molecule has 1 nitrogen and oxygen atoms in total. The first-order chi connectivity index (χ1) is 12.3. The Hall–Kier alpha value is -1.34. The van der Waals surface area contributed by atoms with E-state index in [0.29, 0.717) is 0 Å². The van der Waals surface area contributed by atoms with Crippen LogP contribution in [0.3, 0.4) is 0 Å². The van der Waals surface area contributed by atoms with E-state index in [-0.39, 0.29) is 0 Å². The van der Waals surface area contributed by atoms with Crippen LogP contribution in [0.1, 0.15) is 56.9 Å². The second-order valence-corrected chi connectivity index (χ2v) is 9.01. The molecule has 1 spiro atoms. The average molecular weight is 334 g/mol. The van der Waals surface area contributed by atoms with Crippen molar-refractivity contribution in [1.82, 2.24) is 4.90 Å². The Kier molecular flexibility index (Phi) is 4.08. The predicted octanol–water partition coefficient (Wildman–Crippen LogP) is 6.02. The summed E-state index contributed by atoms with van der Waals surface area (Å²) in [7, 11) is 0. The van der Waals surface area contributed by atoms with Crippen LogP contribution in [0.4, 0.5) is 0 Å². The van der Waals surface area contributed by atoms with Crippen LogP contribution in [-0.2, 0) is 6.54 Å². The maximum Gasteiger partial charge on any atom is 0.0233 e. The average Bonchev–Trinajstić information content (AvgIpc) is 3.02. The van der Waals surface area contributed by atoms with Crippen LogP contribution in [-0.4, -0.2) is 18.0 Å². The molecule has 1 heterocycles. The number of nitrogens with zero attached hydrogens (tertiary/aromatic N) is 1. The second-order valence-electron chi connectivity index (χ2n) is 9.01. The van der Waals surface area contributed by atoms with Crippen molar-refractivity contribution in [3.05, 3.63) is 48.0 Å². The number of rotatable bonds is 2. The van der Waals surface area contributed by atoms with Crippen LogP contribution >= 0.6 is 0 Å². The molecule has 5 rings (SSSR count). The topological polar surface area (TPSA) is 3.24 Å². The molecule has 0 bridgehead atoms. The minimum absolute atomic E-state index is 0.727. The standard InChI is InChI=1S/C24H31N/c1-2-7-22-17-19(9-10-20(22)5-1)18-25-15-13-24(14-16-25)12-11-21-6-3-4-8-23(21)24/h1-2,5,7,9-10,17,21,23H,3-4,6,8,11-16,18H2/t21-,23-/m1/s1. The lowest BCUT2D eigenvalue weighted by molar-refractivity contribution is 0.0391. The molecule has 2 saturated carbocycles. The van der Waals surface area contributed by atoms with Gasteiger partial charge in [0.05, 0.1) is 0 Å². The van der Waals surface area contributed by atoms with Crippen molar-refractivity contribution in [2.24, 2.45) is 17.3 Å². The van der Waals surface area contributed by atoms with Gasteiger partial charge in [0, 0.05) is 6.54 Å². The van der Waals surface area contributed by atoms with Gasteiger partial charge in [0.15, 0.2) is 0 Å². The van der Waals surface area contributed by atoms with Gasteiger partial charge in [-0.2, -0.15) is 0 Å². The normalized spacial score (nSPS) is 29.1. The lowest BCUT2D eigenvalue weighted by Gasteiger charge is -2.45. The molecule has 0 unspecified atom stereocenters. The summed E-state index contributed by atoms with van der Waals surface area (Å²) in [6.07, 6.45) is 12.1. The minimum Gasteiger partial charge on any atom is -0.299 e. The summed E-state index contributed by atoms with van der Waals surface area (Å²) in [6, 6.07) is 15.8. The summed E-state index contributed by atoms with van der Waals surface area (Å²) in [5.74, 6) is 2.16. The van der Waals surface area contributed by atoms with E-state index in [1.165, 1.54) is 80.8 Å². The molecule has 0 radical (unpaired) electrons. The maximum absolute atomic E-state index is 2.71. The van der Waals surface area contributed by atoms with Gasteiger partial charge in [0.1, 0.15) is 0 Å². The van der Waals surface area contributed by atoms with E-state index < -0.39 is 0 Å². The van der Waals surface area contributed by atoms with Gasteiger partial charge < -0.3 is 0 Å². The fourth-order valence-electron chi connectivity index (χ4n) is 6.39. The highest BCUT2D eigenvalue weighted by molar-refractivity contribution is 5.82. The summed E-state index contributed by atoms with van der Waals surface area (Å²) < 4.78 is 0. The van der Waals surface area contributed by atoms with Crippen LogP contribution in [0.2, 0.25) is 0 Å². The Morgan fingerprint density at radius 2 is 1.64 bits per heavy atom. The fraction of sp³-hybridized carbons (Fsp3) is 0.583. The molecule has 1 aliphatic heterocycles. The van der Waals surface area contributed by atoms with Gasteiger partial charge in [-0.1, -0.05) is 55.7 Å². The summed E-state index contributed by atoms with van der Waals surface area (Å²) in [5, 5.41) is 2.74. The van der Waals surface area contributed by atoms with Gasteiger partial charge in [0.25, 0.3) is 0 Å². The van der Waals surface area contributed by atoms with Gasteiger partial charge in [-0.3, -0.25) is 4.90 Å². The van der Waals surface area contributed by atoms with Crippen LogP contribution in [0.25, 0.3) is 10.8 Å². The van der Waals surface area contributed by atoms with Crippen molar-refractivity contribution in [1.29, 1.82) is 0 Å². The number of fused-ring (bicyclic) bond motifs is 3. The Labute approximate surface area is 152 Å². The van der Waals surface area contributed by atoms with Gasteiger partial charge in [-0.15, -0.1) is 0 Å². The zero-order chi connectivity index (χ0) is 16.7. The molecule has 1 heteroatoms. The van der Waals surface area contributed by atoms with Gasteiger partial charge >= 0.3 is 0 Å². The molecule has 3 aliphatic rings. The van der Waals surface area contributed by atoms with E-state index in [0.717, 1.165) is 23.8 Å². The maximum atomic E-state index is 2.71. The molecule has 25 heavy (non-hydrogen) atoms. The van der Waals surface area contributed by atoms with Crippen molar-refractivity contribution >= 4 is 10.8 Å². The summed E-state index contributed by atoms with van der Waals surface area (Å²) in [6.45, 7) is 3.76. The lowest BCUT2D eigenvalue weighted by Crippen LogP contribution is -2.42. The van der Waals surface area contributed by atoms with Gasteiger partial charge in [0.2, 0.25) is 0 Å². The number of hydrogen-bond acceptors (Lipinski definition) is 1. The van der Waals surface area contributed by atoms with Gasteiger partial charge in [-0.25, -0.2) is 0 Å². The van der Waals surface area contributed by atoms with Crippen molar-refractivity contribution < 1.29 is 0 Å². The summed E-state index contributed by atoms with van der Waals surface area (Å²) in [4.78, 5) is 2.71. The SMILES string of the molecule is c1ccc2cc(CN3CCC4(CC[C@H]5CCCC[C@H]54)CC3)ccc2c1. The lowest BCUT2D eigenvalue weighted by atomic mass is 9.65. The van der Waals surface area contributed by atoms with Gasteiger partial charge in [-0.05, 0) is 84.8 Å². The zero-order valence-corrected chi connectivity index (χ0v) is 15.4. The molecule has 2 atom stereocenters. The molecule has 132 valence electrons. The Morgan fingerprint density at radius 3 is 2.52 bits per heavy atom. The van der Waals surface area contributed by atoms with E-state index >= 15 is 0 Å². The Balaban J connectivity index is 1.25. The summed E-state index contributed by atoms with van der Waals surface area (Å²) in [5.41, 5.74) is 2.21. The first-order valence-electron chi connectivity index (χ1n) is 10.5. The molecule has 2 aliphatic carbocycles. The molecule has 0 aromatic heterocycles. The zero-order valence-electron chi connectivity index (χ0n) is 15.4. The number of piperidine rings is 1. The molecule has 3 fully saturated rings. The van der Waals surface area contributed by atoms with Crippen LogP contribution in [0, 0.1) is 17.3 Å². The highest BCUT2D eigenvalue weighted by Crippen LogP contribution is 2.57. The first-order valence-corrected chi connectivity index (χ1v) is 10.5. The van der Waals surface area contributed by atoms with Crippen molar-refractivity contribution in [3.8, 4) is 0 Å². The van der Waals surface area contributed by atoms with Crippen molar-refractivity contribution in [2.45, 2.75) is 57.9 Å². The predicted molar refractivity (Wildman–Crippen MR) is 106 cm³/mol. The second kappa shape index (κ2) is 6.43. The van der Waals surface area contributed by atoms with Crippen molar-refractivity contribution in [2.75, 3.05) is 13.1 Å². The molecule has 2 aromatic rings. The molecule has 2 aromatic carbocycles. The Bertz CT molecular complexity index is 741. The molecule has 0 N–H and O–H groups in total. The Morgan fingerprint density at radius 1 is 0.840 bits per heavy atom. The smallest absolute Gasteiger partial charge is 0.0233 e. The highest BCUT2D eigenvalue weighted by Gasteiger charge is 2.49. The van der Waals surface area contributed by atoms with E-state index in [9.17, 15) is 0 Å². The molecular weight excluding hydrogens is 302 g/mol. The number of benzene rings is 2. The van der Waals surface area contributed by atoms with E-state index in [4.69, 9.17) is 0 Å². The fourth-order valence-corrected chi connectivity index (χ4v) is 6.39. The van der Waals surface area contributed by atoms with Crippen molar-refractivity contribution in [3.63, 3.8) is 0 Å². The summed E-state index contributed by atoms with van der Waals surface area (Å²) >= 11 is 0. The van der Waals surface area contributed by atoms with Crippen LogP contribution in [0.5, 0.6) is 0 Å². The van der Waals surface area contributed by atoms with Crippen LogP contribution in [0.15, 0.2) is 42.5 Å². The largest absolute Gasteiger partial charge is 0.299 e. The third-order valence-electron chi connectivity index (χ3n) is 7.78. The van der Waals surface area contributed by atoms with E-state index in [1.54, 1.807) is 0 Å². The molecule has 0 amide bonds. The van der Waals surface area contributed by atoms with E-state index in [1.807, 2.05) is 0 Å². The molecular formula is C24H31N. The third kappa shape index (κ3) is 2.91. The third-order valence-corrected chi connectivity index (χ3v) is 7.78. The molecule has 1 saturated heterocycles. The quantitative estimate of drug-likeness (QED) is 0.649. The number of hydrogen-bond donors (Lipinski definition) is 0. The van der Waals surface area contributed by atoms with E-state index in [2.05, 4.69) is 47.4 Å². The van der Waals surface area contributed by atoms with Crippen LogP contribution < -0.4 is 0 Å². The minimum atomic E-state index is 0.727. The number of likely N-dealkylation sites (tertiary alicyclic amines) is 1. The highest BCUT2D eigenvalue weighted by atomic mass is 15.1.